The molecule has 0 spiro atoms. The smallest absolute Gasteiger partial charge is 0.258 e. The molecule has 1 aromatic carbocycles. The van der Waals surface area contributed by atoms with E-state index >= 15 is 0 Å². The first-order chi connectivity index (χ1) is 15.4. The second kappa shape index (κ2) is 9.33. The second-order valence-electron chi connectivity index (χ2n) is 7.84. The summed E-state index contributed by atoms with van der Waals surface area (Å²) in [5.41, 5.74) is 5.46. The standard InChI is InChI=1S/C23H25F2N5O2/c1-2-3-15-13-27-23(28-14-15)29-7-4-16(5-8-29)32-17-6-9-30(22(31)10-17)21-12-18(24)20(26)11-19(21)25/h6,9-14,16H,2-5,7-8,26H2,1H3. The van der Waals surface area contributed by atoms with Crippen LogP contribution in [0.15, 0.2) is 47.7 Å². The quantitative estimate of drug-likeness (QED) is 0.590. The number of benzene rings is 1. The second-order valence-corrected chi connectivity index (χ2v) is 7.84. The summed E-state index contributed by atoms with van der Waals surface area (Å²) in [4.78, 5) is 23.5. The molecule has 1 fully saturated rings. The molecule has 0 saturated carbocycles. The summed E-state index contributed by atoms with van der Waals surface area (Å²) in [7, 11) is 0. The van der Waals surface area contributed by atoms with Crippen molar-refractivity contribution in [3.8, 4) is 11.4 Å². The molecule has 3 aromatic rings. The van der Waals surface area contributed by atoms with Crippen molar-refractivity contribution < 1.29 is 13.5 Å². The van der Waals surface area contributed by atoms with Crippen molar-refractivity contribution in [3.63, 3.8) is 0 Å². The van der Waals surface area contributed by atoms with Gasteiger partial charge in [0.2, 0.25) is 5.95 Å². The molecule has 1 aliphatic rings. The van der Waals surface area contributed by atoms with Crippen molar-refractivity contribution >= 4 is 11.6 Å². The highest BCUT2D eigenvalue weighted by Gasteiger charge is 2.22. The van der Waals surface area contributed by atoms with Crippen LogP contribution in [0.4, 0.5) is 20.4 Å². The maximum absolute atomic E-state index is 14.2. The maximum Gasteiger partial charge on any atom is 0.258 e. The molecule has 0 aliphatic carbocycles. The van der Waals surface area contributed by atoms with E-state index in [0.717, 1.165) is 61.0 Å². The minimum atomic E-state index is -0.788. The average Bonchev–Trinajstić information content (AvgIpc) is 2.78. The summed E-state index contributed by atoms with van der Waals surface area (Å²) in [5, 5.41) is 0. The molecular weight excluding hydrogens is 416 g/mol. The Bertz CT molecular complexity index is 1140. The first-order valence-electron chi connectivity index (χ1n) is 10.6. The normalized spacial score (nSPS) is 14.5. The number of anilines is 2. The van der Waals surface area contributed by atoms with Crippen LogP contribution < -0.4 is 20.9 Å². The molecule has 9 heteroatoms. The fraction of sp³-hybridized carbons (Fsp3) is 0.348. The van der Waals surface area contributed by atoms with Crippen molar-refractivity contribution in [3.05, 3.63) is 70.4 Å². The van der Waals surface area contributed by atoms with Crippen molar-refractivity contribution in [2.45, 2.75) is 38.7 Å². The lowest BCUT2D eigenvalue weighted by Gasteiger charge is -2.32. The number of ether oxygens (including phenoxy) is 1. The van der Waals surface area contributed by atoms with Gasteiger partial charge in [0.1, 0.15) is 23.5 Å². The van der Waals surface area contributed by atoms with Gasteiger partial charge >= 0.3 is 0 Å². The number of pyridine rings is 1. The van der Waals surface area contributed by atoms with Crippen LogP contribution in [-0.4, -0.2) is 33.7 Å². The number of aryl methyl sites for hydroxylation is 1. The number of nitrogen functional groups attached to an aromatic ring is 1. The Morgan fingerprint density at radius 2 is 1.84 bits per heavy atom. The third kappa shape index (κ3) is 4.71. The van der Waals surface area contributed by atoms with Gasteiger partial charge in [-0.05, 0) is 18.1 Å². The van der Waals surface area contributed by atoms with Gasteiger partial charge in [0.25, 0.3) is 5.56 Å². The summed E-state index contributed by atoms with van der Waals surface area (Å²) < 4.78 is 34.9. The Hall–Kier alpha value is -3.49. The van der Waals surface area contributed by atoms with Gasteiger partial charge < -0.3 is 15.4 Å². The van der Waals surface area contributed by atoms with Crippen molar-refractivity contribution in [1.29, 1.82) is 0 Å². The molecule has 0 radical (unpaired) electrons. The van der Waals surface area contributed by atoms with Gasteiger partial charge in [-0.2, -0.15) is 0 Å². The van der Waals surface area contributed by atoms with E-state index in [9.17, 15) is 13.6 Å². The summed E-state index contributed by atoms with van der Waals surface area (Å²) >= 11 is 0. The monoisotopic (exact) mass is 441 g/mol. The van der Waals surface area contributed by atoms with Crippen LogP contribution in [0.2, 0.25) is 0 Å². The fourth-order valence-corrected chi connectivity index (χ4v) is 3.76. The molecule has 0 atom stereocenters. The number of hydrogen-bond donors (Lipinski definition) is 1. The molecular formula is C23H25F2N5O2. The van der Waals surface area contributed by atoms with Gasteiger partial charge in [-0.15, -0.1) is 0 Å². The highest BCUT2D eigenvalue weighted by Crippen LogP contribution is 2.22. The van der Waals surface area contributed by atoms with Crippen molar-refractivity contribution in [2.75, 3.05) is 23.7 Å². The average molecular weight is 441 g/mol. The van der Waals surface area contributed by atoms with Gasteiger partial charge in [0.15, 0.2) is 0 Å². The molecule has 2 N–H and O–H groups in total. The minimum Gasteiger partial charge on any atom is -0.490 e. The lowest BCUT2D eigenvalue weighted by molar-refractivity contribution is 0.170. The van der Waals surface area contributed by atoms with E-state index in [2.05, 4.69) is 21.8 Å². The van der Waals surface area contributed by atoms with E-state index in [-0.39, 0.29) is 17.5 Å². The van der Waals surface area contributed by atoms with Gasteiger partial charge in [0.05, 0.1) is 11.4 Å². The van der Waals surface area contributed by atoms with Crippen molar-refractivity contribution in [1.82, 2.24) is 14.5 Å². The van der Waals surface area contributed by atoms with Gasteiger partial charge in [-0.1, -0.05) is 13.3 Å². The molecule has 7 nitrogen and oxygen atoms in total. The number of aromatic nitrogens is 3. The van der Waals surface area contributed by atoms with Crippen LogP contribution in [0, 0.1) is 11.6 Å². The van der Waals surface area contributed by atoms with E-state index in [1.54, 1.807) is 6.07 Å². The van der Waals surface area contributed by atoms with E-state index in [0.29, 0.717) is 11.7 Å². The summed E-state index contributed by atoms with van der Waals surface area (Å²) in [6, 6.07) is 4.60. The Morgan fingerprint density at radius 1 is 1.12 bits per heavy atom. The molecule has 0 unspecified atom stereocenters. The molecule has 1 saturated heterocycles. The lowest BCUT2D eigenvalue weighted by Crippen LogP contribution is -2.39. The number of hydrogen-bond acceptors (Lipinski definition) is 6. The highest BCUT2D eigenvalue weighted by molar-refractivity contribution is 5.48. The largest absolute Gasteiger partial charge is 0.490 e. The predicted molar refractivity (Wildman–Crippen MR) is 118 cm³/mol. The summed E-state index contributed by atoms with van der Waals surface area (Å²) in [5.74, 6) is -0.466. The van der Waals surface area contributed by atoms with E-state index < -0.39 is 17.2 Å². The molecule has 1 aliphatic heterocycles. The van der Waals surface area contributed by atoms with Crippen LogP contribution in [0.5, 0.6) is 5.75 Å². The summed E-state index contributed by atoms with van der Waals surface area (Å²) in [6.07, 6.45) is 8.58. The molecule has 4 rings (SSSR count). The SMILES string of the molecule is CCCc1cnc(N2CCC(Oc3ccn(-c4cc(F)c(N)cc4F)c(=O)c3)CC2)nc1. The first-order valence-corrected chi connectivity index (χ1v) is 10.6. The molecule has 32 heavy (non-hydrogen) atoms. The number of halogens is 2. The van der Waals surface area contributed by atoms with Crippen LogP contribution in [0.1, 0.15) is 31.7 Å². The van der Waals surface area contributed by atoms with Crippen LogP contribution in [-0.2, 0) is 6.42 Å². The first kappa shape index (κ1) is 21.7. The Balaban J connectivity index is 1.39. The zero-order valence-corrected chi connectivity index (χ0v) is 17.8. The van der Waals surface area contributed by atoms with Crippen LogP contribution in [0.25, 0.3) is 5.69 Å². The zero-order chi connectivity index (χ0) is 22.7. The van der Waals surface area contributed by atoms with E-state index in [4.69, 9.17) is 10.5 Å². The number of nitrogens with two attached hydrogens (primary N) is 1. The molecule has 0 bridgehead atoms. The van der Waals surface area contributed by atoms with E-state index in [1.165, 1.54) is 12.3 Å². The Morgan fingerprint density at radius 3 is 2.50 bits per heavy atom. The van der Waals surface area contributed by atoms with Gasteiger partial charge in [0, 0.05) is 62.7 Å². The van der Waals surface area contributed by atoms with Crippen molar-refractivity contribution in [2.24, 2.45) is 0 Å². The third-order valence-corrected chi connectivity index (χ3v) is 5.47. The molecule has 168 valence electrons. The van der Waals surface area contributed by atoms with Crippen LogP contribution >= 0.6 is 0 Å². The Labute approximate surface area is 184 Å². The molecule has 2 aromatic heterocycles. The Kier molecular flexibility index (Phi) is 6.34. The van der Waals surface area contributed by atoms with Gasteiger partial charge in [-0.25, -0.2) is 18.7 Å². The fourth-order valence-electron chi connectivity index (χ4n) is 3.76. The maximum atomic E-state index is 14.2. The van der Waals surface area contributed by atoms with E-state index in [1.807, 2.05) is 12.4 Å². The number of nitrogens with zero attached hydrogens (tertiary/aromatic N) is 4. The number of piperidine rings is 1. The highest BCUT2D eigenvalue weighted by atomic mass is 19.1. The van der Waals surface area contributed by atoms with Gasteiger partial charge in [-0.3, -0.25) is 9.36 Å². The summed E-state index contributed by atoms with van der Waals surface area (Å²) in [6.45, 7) is 3.60. The molecule has 0 amide bonds. The molecule has 3 heterocycles. The predicted octanol–water partition coefficient (Wildman–Crippen LogP) is 3.49. The van der Waals surface area contributed by atoms with Crippen LogP contribution in [0.3, 0.4) is 0 Å². The lowest BCUT2D eigenvalue weighted by atomic mass is 10.1. The minimum absolute atomic E-state index is 0.0634. The zero-order valence-electron chi connectivity index (χ0n) is 17.8. The third-order valence-electron chi connectivity index (χ3n) is 5.47. The topological polar surface area (TPSA) is 86.3 Å². The number of rotatable bonds is 6.